The summed E-state index contributed by atoms with van der Waals surface area (Å²) in [7, 11) is 2.05. The van der Waals surface area contributed by atoms with Crippen molar-refractivity contribution in [2.24, 2.45) is 0 Å². The number of hydrogen-bond donors (Lipinski definition) is 1. The summed E-state index contributed by atoms with van der Waals surface area (Å²) in [4.78, 5) is 23.6. The molecule has 4 aromatic rings. The van der Waals surface area contributed by atoms with Gasteiger partial charge in [-0.3, -0.25) is 4.79 Å². The van der Waals surface area contributed by atoms with Gasteiger partial charge in [-0.1, -0.05) is 48.2 Å². The zero-order valence-corrected chi connectivity index (χ0v) is 18.1. The highest BCUT2D eigenvalue weighted by molar-refractivity contribution is 7.98. The fourth-order valence-corrected chi connectivity index (χ4v) is 4.16. The second-order valence-electron chi connectivity index (χ2n) is 7.09. The third kappa shape index (κ3) is 5.24. The molecule has 0 atom stereocenters. The quantitative estimate of drug-likeness (QED) is 0.233. The highest BCUT2D eigenvalue weighted by Gasteiger charge is 2.20. The molecule has 0 fully saturated rings. The predicted octanol–water partition coefficient (Wildman–Crippen LogP) is 4.77. The minimum absolute atomic E-state index is 0.192. The zero-order valence-electron chi connectivity index (χ0n) is 17.3. The van der Waals surface area contributed by atoms with Crippen LogP contribution in [0.2, 0.25) is 0 Å². The summed E-state index contributed by atoms with van der Waals surface area (Å²) in [5.41, 5.74) is 2.74. The number of aromatic nitrogens is 2. The lowest BCUT2D eigenvalue weighted by molar-refractivity contribution is 0.0927. The normalized spacial score (nSPS) is 10.9. The highest BCUT2D eigenvalue weighted by Crippen LogP contribution is 2.31. The van der Waals surface area contributed by atoms with Crippen LogP contribution in [0.15, 0.2) is 82.6 Å². The molecule has 2 aromatic carbocycles. The maximum absolute atomic E-state index is 12.9. The average molecular weight is 433 g/mol. The van der Waals surface area contributed by atoms with Gasteiger partial charge in [-0.25, -0.2) is 9.97 Å². The molecule has 31 heavy (non-hydrogen) atoms. The van der Waals surface area contributed by atoms with Gasteiger partial charge in [-0.05, 0) is 30.7 Å². The fourth-order valence-electron chi connectivity index (χ4n) is 3.33. The molecule has 4 rings (SSSR count). The van der Waals surface area contributed by atoms with E-state index < -0.39 is 0 Å². The van der Waals surface area contributed by atoms with Crippen LogP contribution in [-0.4, -0.2) is 36.0 Å². The molecule has 0 spiro atoms. The molecule has 1 N–H and O–H groups in total. The van der Waals surface area contributed by atoms with Crippen molar-refractivity contribution < 1.29 is 9.21 Å². The SMILES string of the molecule is CN(CCCNC(=O)c1oc2ccccc2c1CSc1ncccn1)c1ccccc1. The molecule has 0 bridgehead atoms. The maximum Gasteiger partial charge on any atom is 0.287 e. The van der Waals surface area contributed by atoms with E-state index in [1.54, 1.807) is 18.5 Å². The Bertz CT molecular complexity index is 1130. The van der Waals surface area contributed by atoms with Crippen LogP contribution in [0.4, 0.5) is 5.69 Å². The summed E-state index contributed by atoms with van der Waals surface area (Å²) in [6.45, 7) is 1.42. The molecule has 0 unspecified atom stereocenters. The lowest BCUT2D eigenvalue weighted by Crippen LogP contribution is -2.28. The second kappa shape index (κ2) is 10.1. The van der Waals surface area contributed by atoms with Crippen molar-refractivity contribution in [3.63, 3.8) is 0 Å². The number of fused-ring (bicyclic) bond motifs is 1. The summed E-state index contributed by atoms with van der Waals surface area (Å²) in [5.74, 6) is 0.727. The molecule has 158 valence electrons. The van der Waals surface area contributed by atoms with E-state index in [0.717, 1.165) is 29.6 Å². The van der Waals surface area contributed by atoms with Gasteiger partial charge in [0.2, 0.25) is 0 Å². The number of anilines is 1. The zero-order chi connectivity index (χ0) is 21.5. The lowest BCUT2D eigenvalue weighted by Gasteiger charge is -2.19. The maximum atomic E-state index is 12.9. The van der Waals surface area contributed by atoms with Crippen LogP contribution in [0.5, 0.6) is 0 Å². The third-order valence-corrected chi connectivity index (χ3v) is 5.85. The van der Waals surface area contributed by atoms with Crippen molar-refractivity contribution in [2.45, 2.75) is 17.3 Å². The number of carbonyl (C=O) groups is 1. The third-order valence-electron chi connectivity index (χ3n) is 4.95. The van der Waals surface area contributed by atoms with Crippen LogP contribution in [-0.2, 0) is 5.75 Å². The monoisotopic (exact) mass is 432 g/mol. The Morgan fingerprint density at radius 2 is 1.77 bits per heavy atom. The van der Waals surface area contributed by atoms with Crippen LogP contribution in [0.25, 0.3) is 11.0 Å². The molecular weight excluding hydrogens is 408 g/mol. The number of carbonyl (C=O) groups excluding carboxylic acids is 1. The molecule has 2 aromatic heterocycles. The number of thioether (sulfide) groups is 1. The van der Waals surface area contributed by atoms with E-state index in [2.05, 4.69) is 39.4 Å². The molecule has 2 heterocycles. The van der Waals surface area contributed by atoms with Crippen LogP contribution >= 0.6 is 11.8 Å². The molecule has 0 aliphatic carbocycles. The largest absolute Gasteiger partial charge is 0.451 e. The second-order valence-corrected chi connectivity index (χ2v) is 8.03. The summed E-state index contributed by atoms with van der Waals surface area (Å²) in [5, 5.41) is 4.62. The number of para-hydroxylation sites is 2. The van der Waals surface area contributed by atoms with Gasteiger partial charge in [-0.2, -0.15) is 0 Å². The van der Waals surface area contributed by atoms with E-state index in [4.69, 9.17) is 4.42 Å². The van der Waals surface area contributed by atoms with Crippen molar-refractivity contribution in [1.82, 2.24) is 15.3 Å². The first-order valence-electron chi connectivity index (χ1n) is 10.2. The van der Waals surface area contributed by atoms with Crippen molar-refractivity contribution in [3.8, 4) is 0 Å². The molecule has 0 saturated carbocycles. The predicted molar refractivity (Wildman–Crippen MR) is 124 cm³/mol. The van der Waals surface area contributed by atoms with Crippen molar-refractivity contribution in [1.29, 1.82) is 0 Å². The Hall–Kier alpha value is -3.32. The molecule has 1 amide bonds. The van der Waals surface area contributed by atoms with Gasteiger partial charge in [0.15, 0.2) is 10.9 Å². The van der Waals surface area contributed by atoms with Crippen LogP contribution in [0, 0.1) is 0 Å². The molecule has 0 radical (unpaired) electrons. The molecule has 7 heteroatoms. The summed E-state index contributed by atoms with van der Waals surface area (Å²) in [6.07, 6.45) is 4.26. The standard InChI is InChI=1S/C24H24N4O2S/c1-28(18-9-3-2-4-10-18)16-8-15-25-23(29)22-20(17-31-24-26-13-7-14-27-24)19-11-5-6-12-21(19)30-22/h2-7,9-14H,8,15-17H2,1H3,(H,25,29). The smallest absolute Gasteiger partial charge is 0.287 e. The molecule has 0 aliphatic heterocycles. The first-order chi connectivity index (χ1) is 15.2. The Balaban J connectivity index is 1.40. The summed E-state index contributed by atoms with van der Waals surface area (Å²) in [6, 6.07) is 19.7. The fraction of sp³-hybridized carbons (Fsp3) is 0.208. The number of furan rings is 1. The molecule has 0 aliphatic rings. The molecular formula is C24H24N4O2S. The Morgan fingerprint density at radius 3 is 2.58 bits per heavy atom. The number of nitrogens with one attached hydrogen (secondary N) is 1. The van der Waals surface area contributed by atoms with Gasteiger partial charge in [-0.15, -0.1) is 0 Å². The Morgan fingerprint density at radius 1 is 1.03 bits per heavy atom. The first kappa shape index (κ1) is 20.9. The number of hydrogen-bond acceptors (Lipinski definition) is 6. The minimum Gasteiger partial charge on any atom is -0.451 e. The van der Waals surface area contributed by atoms with Crippen LogP contribution in [0.1, 0.15) is 22.5 Å². The minimum atomic E-state index is -0.192. The number of amides is 1. The van der Waals surface area contributed by atoms with Crippen molar-refractivity contribution >= 4 is 34.3 Å². The van der Waals surface area contributed by atoms with E-state index in [0.29, 0.717) is 28.8 Å². The molecule has 0 saturated heterocycles. The van der Waals surface area contributed by atoms with E-state index in [1.165, 1.54) is 11.8 Å². The van der Waals surface area contributed by atoms with E-state index in [-0.39, 0.29) is 5.91 Å². The highest BCUT2D eigenvalue weighted by atomic mass is 32.2. The van der Waals surface area contributed by atoms with Gasteiger partial charge in [0, 0.05) is 54.9 Å². The van der Waals surface area contributed by atoms with Crippen molar-refractivity contribution in [3.05, 3.63) is 84.4 Å². The van der Waals surface area contributed by atoms with Gasteiger partial charge in [0.05, 0.1) is 0 Å². The first-order valence-corrected chi connectivity index (χ1v) is 11.2. The van der Waals surface area contributed by atoms with Gasteiger partial charge in [0.25, 0.3) is 5.91 Å². The number of rotatable bonds is 9. The van der Waals surface area contributed by atoms with Gasteiger partial charge in [0.1, 0.15) is 5.58 Å². The number of benzene rings is 2. The summed E-state index contributed by atoms with van der Waals surface area (Å²) < 4.78 is 5.92. The lowest BCUT2D eigenvalue weighted by atomic mass is 10.1. The van der Waals surface area contributed by atoms with Crippen molar-refractivity contribution in [2.75, 3.05) is 25.0 Å². The van der Waals surface area contributed by atoms with Gasteiger partial charge >= 0.3 is 0 Å². The van der Waals surface area contributed by atoms with E-state index >= 15 is 0 Å². The van der Waals surface area contributed by atoms with Crippen LogP contribution < -0.4 is 10.2 Å². The van der Waals surface area contributed by atoms with E-state index in [1.807, 2.05) is 42.5 Å². The van der Waals surface area contributed by atoms with Crippen LogP contribution in [0.3, 0.4) is 0 Å². The van der Waals surface area contributed by atoms with E-state index in [9.17, 15) is 4.79 Å². The Labute approximate surface area is 185 Å². The molecule has 6 nitrogen and oxygen atoms in total. The Kier molecular flexibility index (Phi) is 6.84. The average Bonchev–Trinajstić information content (AvgIpc) is 3.20. The number of nitrogens with zero attached hydrogens (tertiary/aromatic N) is 3. The van der Waals surface area contributed by atoms with Gasteiger partial charge < -0.3 is 14.6 Å². The topological polar surface area (TPSA) is 71.3 Å². The summed E-state index contributed by atoms with van der Waals surface area (Å²) >= 11 is 1.49.